The largest absolute Gasteiger partial charge is 0.496 e. The molecule has 1 aromatic carbocycles. The number of hydrogen-bond acceptors (Lipinski definition) is 2. The van der Waals surface area contributed by atoms with Gasteiger partial charge in [0.15, 0.2) is 0 Å². The van der Waals surface area contributed by atoms with Crippen molar-refractivity contribution in [3.05, 3.63) is 29.3 Å². The number of amides is 1. The highest BCUT2D eigenvalue weighted by molar-refractivity contribution is 6.62. The first-order chi connectivity index (χ1) is 8.04. The maximum absolute atomic E-state index is 10.5. The molecule has 1 rings (SSSR count). The molecule has 94 valence electrons. The predicted molar refractivity (Wildman–Crippen MR) is 70.0 cm³/mol. The first kappa shape index (κ1) is 13.8. The summed E-state index contributed by atoms with van der Waals surface area (Å²) in [5.41, 5.74) is 2.35. The minimum absolute atomic E-state index is 0.410. The summed E-state index contributed by atoms with van der Waals surface area (Å²) >= 11 is 5.20. The van der Waals surface area contributed by atoms with E-state index < -0.39 is 5.37 Å². The van der Waals surface area contributed by atoms with Gasteiger partial charge in [-0.15, -0.1) is 0 Å². The van der Waals surface area contributed by atoms with E-state index in [1.807, 2.05) is 12.1 Å². The fraction of sp³-hybridized carbons (Fsp3) is 0.462. The number of rotatable bonds is 5. The molecule has 0 bridgehead atoms. The second-order valence-electron chi connectivity index (χ2n) is 4.18. The minimum Gasteiger partial charge on any atom is -0.496 e. The van der Waals surface area contributed by atoms with E-state index in [0.29, 0.717) is 12.5 Å². The van der Waals surface area contributed by atoms with Crippen molar-refractivity contribution in [3.63, 3.8) is 0 Å². The average Bonchev–Trinajstić information content (AvgIpc) is 2.28. The minimum atomic E-state index is -0.511. The summed E-state index contributed by atoms with van der Waals surface area (Å²) in [6.07, 6.45) is 0.766. The molecule has 0 fully saturated rings. The van der Waals surface area contributed by atoms with Gasteiger partial charge in [-0.25, -0.2) is 0 Å². The highest BCUT2D eigenvalue weighted by Gasteiger charge is 2.08. The van der Waals surface area contributed by atoms with Crippen LogP contribution in [-0.2, 0) is 6.42 Å². The van der Waals surface area contributed by atoms with Gasteiger partial charge in [0.05, 0.1) is 7.11 Å². The fourth-order valence-corrected chi connectivity index (χ4v) is 1.79. The summed E-state index contributed by atoms with van der Waals surface area (Å²) in [6, 6.07) is 6.09. The zero-order chi connectivity index (χ0) is 12.8. The van der Waals surface area contributed by atoms with Crippen LogP contribution >= 0.6 is 11.6 Å². The van der Waals surface area contributed by atoms with Crippen molar-refractivity contribution in [3.8, 4) is 5.75 Å². The lowest BCUT2D eigenvalue weighted by atomic mass is 9.98. The number of methoxy groups -OCH3 is 1. The van der Waals surface area contributed by atoms with E-state index in [1.54, 1.807) is 7.11 Å². The van der Waals surface area contributed by atoms with Crippen LogP contribution in [0, 0.1) is 0 Å². The Morgan fingerprint density at radius 3 is 2.71 bits per heavy atom. The van der Waals surface area contributed by atoms with Crippen molar-refractivity contribution >= 4 is 17.0 Å². The number of nitrogens with one attached hydrogen (secondary N) is 1. The molecule has 17 heavy (non-hydrogen) atoms. The SMILES string of the molecule is COc1ccc(CCNC(=O)Cl)cc1C(C)C. The average molecular weight is 256 g/mol. The van der Waals surface area contributed by atoms with E-state index in [4.69, 9.17) is 16.3 Å². The molecule has 0 aromatic heterocycles. The van der Waals surface area contributed by atoms with Crippen molar-refractivity contribution in [2.75, 3.05) is 13.7 Å². The molecule has 1 N–H and O–H groups in total. The molecule has 1 amide bonds. The molecule has 0 saturated carbocycles. The molecule has 3 nitrogen and oxygen atoms in total. The fourth-order valence-electron chi connectivity index (χ4n) is 1.70. The van der Waals surface area contributed by atoms with Crippen LogP contribution in [0.15, 0.2) is 18.2 Å². The lowest BCUT2D eigenvalue weighted by Gasteiger charge is -2.13. The van der Waals surface area contributed by atoms with Crippen LogP contribution < -0.4 is 10.1 Å². The van der Waals surface area contributed by atoms with Gasteiger partial charge in [0, 0.05) is 6.54 Å². The molecular weight excluding hydrogens is 238 g/mol. The number of ether oxygens (including phenoxy) is 1. The van der Waals surface area contributed by atoms with E-state index in [1.165, 1.54) is 11.1 Å². The van der Waals surface area contributed by atoms with E-state index in [9.17, 15) is 4.79 Å². The summed E-state index contributed by atoms with van der Waals surface area (Å²) < 4.78 is 5.31. The van der Waals surface area contributed by atoms with Crippen LogP contribution in [-0.4, -0.2) is 19.0 Å². The van der Waals surface area contributed by atoms with Crippen LogP contribution in [0.1, 0.15) is 30.9 Å². The quantitative estimate of drug-likeness (QED) is 0.648. The Labute approximate surface area is 107 Å². The monoisotopic (exact) mass is 255 g/mol. The van der Waals surface area contributed by atoms with E-state index >= 15 is 0 Å². The first-order valence-corrected chi connectivity index (χ1v) is 6.02. The highest BCUT2D eigenvalue weighted by Crippen LogP contribution is 2.27. The lowest BCUT2D eigenvalue weighted by molar-refractivity contribution is 0.260. The van der Waals surface area contributed by atoms with Gasteiger partial charge in [-0.3, -0.25) is 4.79 Å². The van der Waals surface area contributed by atoms with Gasteiger partial charge < -0.3 is 10.1 Å². The van der Waals surface area contributed by atoms with E-state index in [2.05, 4.69) is 25.2 Å². The molecule has 0 unspecified atom stereocenters. The predicted octanol–water partition coefficient (Wildman–Crippen LogP) is 3.31. The lowest BCUT2D eigenvalue weighted by Crippen LogP contribution is -2.19. The maximum atomic E-state index is 10.5. The van der Waals surface area contributed by atoms with Crippen LogP contribution in [0.5, 0.6) is 5.75 Å². The van der Waals surface area contributed by atoms with Gasteiger partial charge in [-0.1, -0.05) is 26.0 Å². The third-order valence-electron chi connectivity index (χ3n) is 2.59. The molecule has 0 spiro atoms. The normalized spacial score (nSPS) is 10.4. The first-order valence-electron chi connectivity index (χ1n) is 5.64. The Kier molecular flexibility index (Phi) is 5.29. The topological polar surface area (TPSA) is 38.3 Å². The molecule has 0 aliphatic heterocycles. The Balaban J connectivity index is 2.74. The van der Waals surface area contributed by atoms with E-state index in [-0.39, 0.29) is 0 Å². The molecule has 1 aromatic rings. The van der Waals surface area contributed by atoms with Crippen molar-refractivity contribution in [2.45, 2.75) is 26.2 Å². The van der Waals surface area contributed by atoms with Gasteiger partial charge in [0.1, 0.15) is 5.75 Å². The highest BCUT2D eigenvalue weighted by atomic mass is 35.5. The Morgan fingerprint density at radius 2 is 2.18 bits per heavy atom. The molecule has 0 radical (unpaired) electrons. The molecule has 0 aliphatic rings. The number of carbonyl (C=O) groups excluding carboxylic acids is 1. The van der Waals surface area contributed by atoms with Crippen LogP contribution in [0.25, 0.3) is 0 Å². The Hall–Kier alpha value is -1.22. The second kappa shape index (κ2) is 6.50. The summed E-state index contributed by atoms with van der Waals surface area (Å²) in [7, 11) is 1.68. The Bertz CT molecular complexity index is 391. The standard InChI is InChI=1S/C13H18ClNO2/c1-9(2)11-8-10(4-5-12(11)17-3)6-7-15-13(14)16/h4-5,8-9H,6-7H2,1-3H3,(H,15,16). The van der Waals surface area contributed by atoms with Gasteiger partial charge in [0.25, 0.3) is 0 Å². The van der Waals surface area contributed by atoms with Gasteiger partial charge in [-0.2, -0.15) is 0 Å². The third kappa shape index (κ3) is 4.27. The van der Waals surface area contributed by atoms with Gasteiger partial charge in [0.2, 0.25) is 0 Å². The smallest absolute Gasteiger partial charge is 0.313 e. The van der Waals surface area contributed by atoms with Crippen LogP contribution in [0.4, 0.5) is 4.79 Å². The summed E-state index contributed by atoms with van der Waals surface area (Å²) in [5.74, 6) is 1.32. The van der Waals surface area contributed by atoms with E-state index in [0.717, 1.165) is 12.2 Å². The van der Waals surface area contributed by atoms with Crippen molar-refractivity contribution < 1.29 is 9.53 Å². The van der Waals surface area contributed by atoms with Crippen molar-refractivity contribution in [1.29, 1.82) is 0 Å². The molecule has 0 atom stereocenters. The number of halogens is 1. The Morgan fingerprint density at radius 1 is 1.47 bits per heavy atom. The van der Waals surface area contributed by atoms with Crippen molar-refractivity contribution in [1.82, 2.24) is 5.32 Å². The summed E-state index contributed by atoms with van der Waals surface area (Å²) in [5, 5.41) is 2.06. The molecule has 4 heteroatoms. The van der Waals surface area contributed by atoms with Crippen molar-refractivity contribution in [2.24, 2.45) is 0 Å². The van der Waals surface area contributed by atoms with Gasteiger partial charge in [-0.05, 0) is 41.1 Å². The van der Waals surface area contributed by atoms with Gasteiger partial charge >= 0.3 is 5.37 Å². The number of benzene rings is 1. The molecule has 0 aliphatic carbocycles. The number of carbonyl (C=O) groups is 1. The van der Waals surface area contributed by atoms with Crippen LogP contribution in [0.3, 0.4) is 0 Å². The maximum Gasteiger partial charge on any atom is 0.313 e. The zero-order valence-electron chi connectivity index (χ0n) is 10.4. The third-order valence-corrected chi connectivity index (χ3v) is 2.73. The second-order valence-corrected chi connectivity index (χ2v) is 4.52. The summed E-state index contributed by atoms with van der Waals surface area (Å²) in [4.78, 5) is 10.5. The van der Waals surface area contributed by atoms with Crippen LogP contribution in [0.2, 0.25) is 0 Å². The zero-order valence-corrected chi connectivity index (χ0v) is 11.2. The molecular formula is C13H18ClNO2. The summed E-state index contributed by atoms with van der Waals surface area (Å²) in [6.45, 7) is 4.80. The molecule has 0 saturated heterocycles. The number of hydrogen-bond donors (Lipinski definition) is 1. The molecule has 0 heterocycles.